The van der Waals surface area contributed by atoms with Gasteiger partial charge in [0.15, 0.2) is 0 Å². The molecule has 226 valence electrons. The van der Waals surface area contributed by atoms with E-state index in [1.807, 2.05) is 121 Å². The van der Waals surface area contributed by atoms with Gasteiger partial charge in [-0.2, -0.15) is 0 Å². The average molecular weight is 768 g/mol. The van der Waals surface area contributed by atoms with Gasteiger partial charge in [0, 0.05) is 38.7 Å². The minimum absolute atomic E-state index is 0. The molecule has 0 aromatic heterocycles. The van der Waals surface area contributed by atoms with E-state index in [0.29, 0.717) is 16.9 Å². The van der Waals surface area contributed by atoms with Crippen LogP contribution in [0, 0.1) is 44.7 Å². The first kappa shape index (κ1) is 38.6. The van der Waals surface area contributed by atoms with E-state index in [9.17, 15) is 0 Å². The third kappa shape index (κ3) is 17.0. The van der Waals surface area contributed by atoms with Crippen molar-refractivity contribution < 1.29 is 16.5 Å². The van der Waals surface area contributed by atoms with Crippen molar-refractivity contribution in [3.63, 3.8) is 0 Å². The Bertz CT molecular complexity index is 1520. The van der Waals surface area contributed by atoms with E-state index in [2.05, 4.69) is 44.7 Å². The van der Waals surface area contributed by atoms with Crippen molar-refractivity contribution in [2.45, 2.75) is 0 Å². The van der Waals surface area contributed by atoms with Crippen LogP contribution >= 0.6 is 47.0 Å². The molecule has 0 unspecified atom stereocenters. The number of thioether (sulfide) groups is 4. The van der Waals surface area contributed by atoms with Crippen molar-refractivity contribution in [1.29, 1.82) is 0 Å². The first-order valence-corrected chi connectivity index (χ1v) is 17.5. The van der Waals surface area contributed by atoms with E-state index < -0.39 is 0 Å². The molecule has 0 N–H and O–H groups in total. The zero-order chi connectivity index (χ0) is 31.2. The Morgan fingerprint density at radius 3 is 0.689 bits per heavy atom. The molecule has 0 nitrogen and oxygen atoms in total. The van der Waals surface area contributed by atoms with Crippen molar-refractivity contribution in [1.82, 2.24) is 0 Å². The summed E-state index contributed by atoms with van der Waals surface area (Å²) < 4.78 is 2.35. The fraction of sp³-hybridized carbons (Fsp3) is 0. The molecule has 0 aliphatic carbocycles. The Morgan fingerprint density at radius 1 is 0.333 bits per heavy atom. The van der Waals surface area contributed by atoms with Crippen LogP contribution in [0.3, 0.4) is 0 Å². The number of benzene rings is 4. The molecule has 0 radical (unpaired) electrons. The van der Waals surface area contributed by atoms with Crippen LogP contribution in [-0.2, 0) is 67.0 Å². The Labute approximate surface area is 316 Å². The van der Waals surface area contributed by atoms with Crippen LogP contribution in [0.4, 0.5) is 0 Å². The molecule has 4 aromatic rings. The molecule has 0 saturated carbocycles. The van der Waals surface area contributed by atoms with Crippen LogP contribution in [0.25, 0.3) is 0 Å². The van der Waals surface area contributed by atoms with Gasteiger partial charge in [0.25, 0.3) is 0 Å². The van der Waals surface area contributed by atoms with Crippen molar-refractivity contribution >= 4 is 97.6 Å². The summed E-state index contributed by atoms with van der Waals surface area (Å²) in [6.45, 7) is 0. The molecular weight excluding hydrogens is 748 g/mol. The Hall–Kier alpha value is -2.63. The summed E-state index contributed by atoms with van der Waals surface area (Å²) in [7, 11) is 0. The Kier molecular flexibility index (Phi) is 20.3. The molecular formula is C36H20NiS8-4. The van der Waals surface area contributed by atoms with Crippen LogP contribution in [0.1, 0.15) is 22.3 Å². The van der Waals surface area contributed by atoms with Crippen LogP contribution in [-0.4, -0.2) is 0 Å². The molecule has 45 heavy (non-hydrogen) atoms. The zero-order valence-electron chi connectivity index (χ0n) is 23.1. The van der Waals surface area contributed by atoms with Crippen molar-refractivity contribution in [3.8, 4) is 44.7 Å². The molecule has 0 heterocycles. The predicted molar refractivity (Wildman–Crippen MR) is 207 cm³/mol. The zero-order valence-corrected chi connectivity index (χ0v) is 30.6. The number of hydrogen-bond acceptors (Lipinski definition) is 8. The fourth-order valence-electron chi connectivity index (χ4n) is 2.78. The van der Waals surface area contributed by atoms with Gasteiger partial charge in [0.2, 0.25) is 0 Å². The van der Waals surface area contributed by atoms with E-state index >= 15 is 0 Å². The van der Waals surface area contributed by atoms with E-state index in [1.165, 1.54) is 47.0 Å². The summed E-state index contributed by atoms with van der Waals surface area (Å²) in [6, 6.07) is 39.1. The van der Waals surface area contributed by atoms with E-state index in [-0.39, 0.29) is 16.5 Å². The number of hydrogen-bond donors (Lipinski definition) is 0. The molecule has 0 spiro atoms. The second-order valence-corrected chi connectivity index (χ2v) is 13.9. The van der Waals surface area contributed by atoms with E-state index in [0.717, 1.165) is 22.3 Å². The van der Waals surface area contributed by atoms with Crippen LogP contribution in [0.15, 0.2) is 138 Å². The third-order valence-corrected chi connectivity index (χ3v) is 10.0. The van der Waals surface area contributed by atoms with Crippen LogP contribution in [0.2, 0.25) is 0 Å². The van der Waals surface area contributed by atoms with Gasteiger partial charge in [-0.3, -0.25) is 0 Å². The van der Waals surface area contributed by atoms with Gasteiger partial charge in [-0.1, -0.05) is 144 Å². The Morgan fingerprint density at radius 2 is 0.511 bits per heavy atom. The van der Waals surface area contributed by atoms with Crippen LogP contribution < -0.4 is 0 Å². The Balaban J connectivity index is 0.000000307. The van der Waals surface area contributed by atoms with Gasteiger partial charge >= 0.3 is 0 Å². The SMILES string of the molecule is [Ni].[S-]/C(SC#Cc1ccccc1)=C(\[S-])SC#Cc1ccccc1.[S-]/C(SC#Cc1ccccc1)=C(\[S-])SC#Cc1ccccc1. The van der Waals surface area contributed by atoms with Crippen molar-refractivity contribution in [2.24, 2.45) is 0 Å². The summed E-state index contributed by atoms with van der Waals surface area (Å²) in [5.41, 5.74) is 3.83. The first-order valence-electron chi connectivity index (χ1n) is 12.6. The predicted octanol–water partition coefficient (Wildman–Crippen LogP) is 9.38. The van der Waals surface area contributed by atoms with E-state index in [4.69, 9.17) is 50.5 Å². The molecule has 0 bridgehead atoms. The van der Waals surface area contributed by atoms with Gasteiger partial charge < -0.3 is 50.5 Å². The summed E-state index contributed by atoms with van der Waals surface area (Å²) >= 11 is 26.1. The molecule has 0 aliphatic heterocycles. The maximum Gasteiger partial charge on any atom is 0.0254 e. The molecule has 0 saturated heterocycles. The van der Waals surface area contributed by atoms with Gasteiger partial charge in [0.05, 0.1) is 0 Å². The molecule has 4 rings (SSSR count). The van der Waals surface area contributed by atoms with Gasteiger partial charge in [-0.25, -0.2) is 0 Å². The second-order valence-electron chi connectivity index (χ2n) is 7.93. The minimum Gasteiger partial charge on any atom is -0.773 e. The van der Waals surface area contributed by atoms with Gasteiger partial charge in [0.1, 0.15) is 0 Å². The molecule has 0 aliphatic rings. The van der Waals surface area contributed by atoms with Crippen molar-refractivity contribution in [3.05, 3.63) is 161 Å². The topological polar surface area (TPSA) is 0 Å². The monoisotopic (exact) mass is 766 g/mol. The van der Waals surface area contributed by atoms with Crippen LogP contribution in [0.5, 0.6) is 0 Å². The van der Waals surface area contributed by atoms with Gasteiger partial charge in [-0.15, -0.1) is 16.9 Å². The number of rotatable bonds is 4. The van der Waals surface area contributed by atoms with E-state index in [1.54, 1.807) is 0 Å². The van der Waals surface area contributed by atoms with Crippen molar-refractivity contribution in [2.75, 3.05) is 0 Å². The maximum absolute atomic E-state index is 5.25. The first-order chi connectivity index (χ1) is 21.5. The molecule has 0 fully saturated rings. The standard InChI is InChI=1S/2C18H12S4.Ni/c2*19-17(21-13-11-15-7-3-1-4-8-15)18(20)22-14-12-16-9-5-2-6-10-16;/h2*1-10,19-20H;/p-4/b2*18-17-;. The molecule has 0 atom stereocenters. The average Bonchev–Trinajstić information content (AvgIpc) is 3.07. The minimum atomic E-state index is 0. The maximum atomic E-state index is 5.25. The molecule has 0 amide bonds. The second kappa shape index (κ2) is 23.7. The largest absolute Gasteiger partial charge is 0.773 e. The smallest absolute Gasteiger partial charge is 0.0254 e. The summed E-state index contributed by atoms with van der Waals surface area (Å²) in [5.74, 6) is 12.1. The summed E-state index contributed by atoms with van der Waals surface area (Å²) in [5, 5.41) is 11.9. The molecule has 9 heteroatoms. The quantitative estimate of drug-likeness (QED) is 0.113. The summed E-state index contributed by atoms with van der Waals surface area (Å²) in [6.07, 6.45) is 0. The third-order valence-electron chi connectivity index (χ3n) is 4.78. The van der Waals surface area contributed by atoms with Gasteiger partial charge in [-0.05, 0) is 69.5 Å². The fourth-order valence-corrected chi connectivity index (χ4v) is 5.66. The normalized spacial score (nSPS) is 10.3. The molecule has 4 aromatic carbocycles. The summed E-state index contributed by atoms with van der Waals surface area (Å²) in [4.78, 5) is 0.